The molecule has 1 saturated heterocycles. The van der Waals surface area contributed by atoms with Crippen molar-refractivity contribution >= 4 is 0 Å². The first-order valence-corrected chi connectivity index (χ1v) is 9.40. The molecule has 0 bridgehead atoms. The van der Waals surface area contributed by atoms with E-state index in [-0.39, 0.29) is 5.60 Å². The Morgan fingerprint density at radius 1 is 0.870 bits per heavy atom. The monoisotopic (exact) mass is 326 g/mol. The fraction of sp³-hybridized carbons (Fsp3) is 1.00. The van der Waals surface area contributed by atoms with Gasteiger partial charge in [-0.15, -0.1) is 0 Å². The van der Waals surface area contributed by atoms with Crippen molar-refractivity contribution in [3.8, 4) is 0 Å². The van der Waals surface area contributed by atoms with E-state index in [0.717, 1.165) is 25.9 Å². The van der Waals surface area contributed by atoms with E-state index in [1.165, 1.54) is 32.7 Å². The summed E-state index contributed by atoms with van der Waals surface area (Å²) >= 11 is 0. The van der Waals surface area contributed by atoms with Gasteiger partial charge in [0.2, 0.25) is 0 Å². The third-order valence-electron chi connectivity index (χ3n) is 4.86. The molecule has 1 aliphatic heterocycles. The lowest BCUT2D eigenvalue weighted by molar-refractivity contribution is -0.149. The van der Waals surface area contributed by atoms with Gasteiger partial charge in [0, 0.05) is 44.9 Å². The van der Waals surface area contributed by atoms with Gasteiger partial charge in [-0.05, 0) is 60.8 Å². The summed E-state index contributed by atoms with van der Waals surface area (Å²) in [6, 6.07) is 0. The van der Waals surface area contributed by atoms with E-state index in [9.17, 15) is 0 Å². The first kappa shape index (κ1) is 19.2. The van der Waals surface area contributed by atoms with Crippen LogP contribution in [0.1, 0.15) is 60.8 Å². The second-order valence-electron chi connectivity index (χ2n) is 9.17. The molecule has 0 N–H and O–H groups in total. The van der Waals surface area contributed by atoms with Crippen LogP contribution in [0.3, 0.4) is 0 Å². The molecule has 136 valence electrons. The summed E-state index contributed by atoms with van der Waals surface area (Å²) in [6.45, 7) is 20.2. The van der Waals surface area contributed by atoms with Crippen LogP contribution in [0.25, 0.3) is 0 Å². The number of piperazine rings is 1. The lowest BCUT2D eigenvalue weighted by Crippen LogP contribution is -2.53. The molecule has 4 heteroatoms. The number of hydrogen-bond acceptors (Lipinski definition) is 4. The maximum absolute atomic E-state index is 5.97. The predicted molar refractivity (Wildman–Crippen MR) is 96.0 cm³/mol. The summed E-state index contributed by atoms with van der Waals surface area (Å²) in [6.07, 6.45) is 4.13. The van der Waals surface area contributed by atoms with Crippen molar-refractivity contribution in [2.45, 2.75) is 84.2 Å². The van der Waals surface area contributed by atoms with E-state index in [1.54, 1.807) is 0 Å². The summed E-state index contributed by atoms with van der Waals surface area (Å²) in [4.78, 5) is 5.17. The highest BCUT2D eigenvalue weighted by Crippen LogP contribution is 2.29. The standard InChI is InChI=1S/C19H38N2O2/c1-18(2,3)21-11-9-20(10-12-21)8-7-13-22-16-14-17(15-16)23-19(4,5)6/h16-17H,7-15H2,1-6H3. The Hall–Kier alpha value is -0.160. The molecule has 1 heterocycles. The molecule has 2 aliphatic rings. The molecular weight excluding hydrogens is 288 g/mol. The average molecular weight is 327 g/mol. The van der Waals surface area contributed by atoms with Crippen molar-refractivity contribution in [2.24, 2.45) is 0 Å². The molecule has 2 rings (SSSR count). The zero-order valence-electron chi connectivity index (χ0n) is 16.2. The van der Waals surface area contributed by atoms with Gasteiger partial charge in [0.05, 0.1) is 17.8 Å². The molecule has 0 aromatic heterocycles. The van der Waals surface area contributed by atoms with E-state index in [1.807, 2.05) is 0 Å². The fourth-order valence-corrected chi connectivity index (χ4v) is 3.43. The molecule has 0 spiro atoms. The highest BCUT2D eigenvalue weighted by molar-refractivity contribution is 4.84. The summed E-state index contributed by atoms with van der Waals surface area (Å²) in [5.41, 5.74) is 0.288. The van der Waals surface area contributed by atoms with Crippen molar-refractivity contribution in [3.05, 3.63) is 0 Å². The van der Waals surface area contributed by atoms with Crippen LogP contribution >= 0.6 is 0 Å². The number of ether oxygens (including phenoxy) is 2. The molecular formula is C19H38N2O2. The third-order valence-corrected chi connectivity index (χ3v) is 4.86. The zero-order valence-corrected chi connectivity index (χ0v) is 16.2. The maximum Gasteiger partial charge on any atom is 0.0631 e. The highest BCUT2D eigenvalue weighted by Gasteiger charge is 2.33. The van der Waals surface area contributed by atoms with Crippen molar-refractivity contribution in [1.82, 2.24) is 9.80 Å². The zero-order chi connectivity index (χ0) is 17.1. The van der Waals surface area contributed by atoms with E-state index < -0.39 is 0 Å². The Bertz CT molecular complexity index is 345. The normalized spacial score (nSPS) is 27.9. The molecule has 0 atom stereocenters. The van der Waals surface area contributed by atoms with Crippen LogP contribution in [0.5, 0.6) is 0 Å². The van der Waals surface area contributed by atoms with Crippen LogP contribution < -0.4 is 0 Å². The molecule has 0 aromatic carbocycles. The van der Waals surface area contributed by atoms with E-state index in [0.29, 0.717) is 17.7 Å². The van der Waals surface area contributed by atoms with Crippen molar-refractivity contribution < 1.29 is 9.47 Å². The van der Waals surface area contributed by atoms with Gasteiger partial charge in [-0.1, -0.05) is 0 Å². The quantitative estimate of drug-likeness (QED) is 0.700. The summed E-state index contributed by atoms with van der Waals surface area (Å²) in [5, 5.41) is 0. The molecule has 0 radical (unpaired) electrons. The molecule has 4 nitrogen and oxygen atoms in total. The van der Waals surface area contributed by atoms with Gasteiger partial charge in [0.15, 0.2) is 0 Å². The maximum atomic E-state index is 5.97. The summed E-state index contributed by atoms with van der Waals surface area (Å²) in [5.74, 6) is 0. The largest absolute Gasteiger partial charge is 0.378 e. The lowest BCUT2D eigenvalue weighted by Gasteiger charge is -2.42. The van der Waals surface area contributed by atoms with E-state index in [2.05, 4.69) is 51.3 Å². The first-order chi connectivity index (χ1) is 10.6. The lowest BCUT2D eigenvalue weighted by atomic mass is 9.91. The minimum atomic E-state index is -0.0230. The van der Waals surface area contributed by atoms with Gasteiger partial charge in [-0.25, -0.2) is 0 Å². The molecule has 23 heavy (non-hydrogen) atoms. The molecule has 2 fully saturated rings. The molecule has 0 aromatic rings. The van der Waals surface area contributed by atoms with Crippen molar-refractivity contribution in [2.75, 3.05) is 39.3 Å². The van der Waals surface area contributed by atoms with Gasteiger partial charge in [-0.3, -0.25) is 4.90 Å². The Kier molecular flexibility index (Phi) is 6.51. The highest BCUT2D eigenvalue weighted by atomic mass is 16.5. The Morgan fingerprint density at radius 3 is 2.00 bits per heavy atom. The van der Waals surface area contributed by atoms with Crippen LogP contribution in [0, 0.1) is 0 Å². The van der Waals surface area contributed by atoms with E-state index >= 15 is 0 Å². The van der Waals surface area contributed by atoms with Crippen molar-refractivity contribution in [1.29, 1.82) is 0 Å². The summed E-state index contributed by atoms with van der Waals surface area (Å²) < 4.78 is 11.9. The van der Waals surface area contributed by atoms with Gasteiger partial charge in [0.1, 0.15) is 0 Å². The summed E-state index contributed by atoms with van der Waals surface area (Å²) in [7, 11) is 0. The van der Waals surface area contributed by atoms with Crippen LogP contribution in [0.2, 0.25) is 0 Å². The number of nitrogens with zero attached hydrogens (tertiary/aromatic N) is 2. The number of hydrogen-bond donors (Lipinski definition) is 0. The second-order valence-corrected chi connectivity index (χ2v) is 9.17. The third kappa shape index (κ3) is 6.69. The topological polar surface area (TPSA) is 24.9 Å². The van der Waals surface area contributed by atoms with Crippen molar-refractivity contribution in [3.63, 3.8) is 0 Å². The Morgan fingerprint density at radius 2 is 1.48 bits per heavy atom. The van der Waals surface area contributed by atoms with Crippen LogP contribution in [0.15, 0.2) is 0 Å². The smallest absolute Gasteiger partial charge is 0.0631 e. The minimum Gasteiger partial charge on any atom is -0.378 e. The van der Waals surface area contributed by atoms with Gasteiger partial charge in [0.25, 0.3) is 0 Å². The predicted octanol–water partition coefficient (Wildman–Crippen LogP) is 3.16. The SMILES string of the molecule is CC(C)(C)OC1CC(OCCCN2CCN(C(C)(C)C)CC2)C1. The van der Waals surface area contributed by atoms with Crippen LogP contribution in [0.4, 0.5) is 0 Å². The molecule has 1 aliphatic carbocycles. The van der Waals surface area contributed by atoms with Gasteiger partial charge < -0.3 is 14.4 Å². The van der Waals surface area contributed by atoms with Gasteiger partial charge in [-0.2, -0.15) is 0 Å². The average Bonchev–Trinajstić information content (AvgIpc) is 2.38. The second kappa shape index (κ2) is 7.81. The molecule has 0 amide bonds. The number of rotatable bonds is 6. The first-order valence-electron chi connectivity index (χ1n) is 9.40. The van der Waals surface area contributed by atoms with Crippen LogP contribution in [-0.2, 0) is 9.47 Å². The molecule has 0 unspecified atom stereocenters. The van der Waals surface area contributed by atoms with E-state index in [4.69, 9.17) is 9.47 Å². The minimum absolute atomic E-state index is 0.0230. The molecule has 1 saturated carbocycles. The fourth-order valence-electron chi connectivity index (χ4n) is 3.43. The van der Waals surface area contributed by atoms with Crippen LogP contribution in [-0.4, -0.2) is 72.5 Å². The Labute approximate surface area is 143 Å². The van der Waals surface area contributed by atoms with Gasteiger partial charge >= 0.3 is 0 Å². The Balaban J connectivity index is 1.48.